The highest BCUT2D eigenvalue weighted by molar-refractivity contribution is 5.85. The molecule has 0 saturated heterocycles. The van der Waals surface area contributed by atoms with Crippen molar-refractivity contribution in [3.63, 3.8) is 0 Å². The van der Waals surface area contributed by atoms with Crippen LogP contribution in [0.4, 0.5) is 0 Å². The van der Waals surface area contributed by atoms with Gasteiger partial charge in [0.2, 0.25) is 5.91 Å². The molecule has 0 aliphatic carbocycles. The third-order valence-corrected chi connectivity index (χ3v) is 2.53. The molecule has 0 spiro atoms. The topological polar surface area (TPSA) is 43.1 Å². The van der Waals surface area contributed by atoms with E-state index in [4.69, 9.17) is 5.73 Å². The second-order valence-electron chi connectivity index (χ2n) is 4.04. The molecule has 0 aromatic rings. The monoisotopic (exact) mass is 235 g/mol. The van der Waals surface area contributed by atoms with Gasteiger partial charge in [0.05, 0.1) is 0 Å². The summed E-state index contributed by atoms with van der Waals surface area (Å²) in [5.41, 5.74) is 5.05. The second kappa shape index (κ2) is 13.8. The maximum absolute atomic E-state index is 10.4. The molecule has 0 fully saturated rings. The molecule has 0 aliphatic heterocycles. The van der Waals surface area contributed by atoms with Crippen LogP contribution in [0.15, 0.2) is 0 Å². The molecular formula is C12H26ClNO. The van der Waals surface area contributed by atoms with Crippen molar-refractivity contribution >= 4 is 18.3 Å². The Kier molecular flexibility index (Phi) is 15.7. The first-order valence-electron chi connectivity index (χ1n) is 6.05. The van der Waals surface area contributed by atoms with E-state index >= 15 is 0 Å². The van der Waals surface area contributed by atoms with Crippen molar-refractivity contribution in [2.75, 3.05) is 0 Å². The predicted molar refractivity (Wildman–Crippen MR) is 68.3 cm³/mol. The largest absolute Gasteiger partial charge is 0.370 e. The van der Waals surface area contributed by atoms with Crippen LogP contribution >= 0.6 is 12.4 Å². The molecule has 15 heavy (non-hydrogen) atoms. The first-order chi connectivity index (χ1) is 6.77. The third kappa shape index (κ3) is 16.4. The molecule has 0 unspecified atom stereocenters. The van der Waals surface area contributed by atoms with Gasteiger partial charge in [-0.3, -0.25) is 4.79 Å². The lowest BCUT2D eigenvalue weighted by Crippen LogP contribution is -2.09. The summed E-state index contributed by atoms with van der Waals surface area (Å²) in [6.45, 7) is 2.24. The Hall–Kier alpha value is -0.240. The molecule has 2 N–H and O–H groups in total. The predicted octanol–water partition coefficient (Wildman–Crippen LogP) is 3.81. The molecule has 3 heteroatoms. The van der Waals surface area contributed by atoms with Crippen molar-refractivity contribution in [2.24, 2.45) is 5.73 Å². The highest BCUT2D eigenvalue weighted by Crippen LogP contribution is 2.10. The Morgan fingerprint density at radius 3 is 1.67 bits per heavy atom. The number of nitrogens with two attached hydrogens (primary N) is 1. The average Bonchev–Trinajstić information content (AvgIpc) is 2.15. The standard InChI is InChI=1S/C12H25NO.ClH/c1-2-3-4-5-6-7-8-9-10-11-12(13)14;/h2-11H2,1H3,(H2,13,14);1H. The molecule has 0 rings (SSSR count). The van der Waals surface area contributed by atoms with Gasteiger partial charge in [0.1, 0.15) is 0 Å². The van der Waals surface area contributed by atoms with Gasteiger partial charge in [-0.05, 0) is 6.42 Å². The van der Waals surface area contributed by atoms with E-state index in [0.717, 1.165) is 12.8 Å². The van der Waals surface area contributed by atoms with Crippen LogP contribution in [0.5, 0.6) is 0 Å². The summed E-state index contributed by atoms with van der Waals surface area (Å²) in [6.07, 6.45) is 12.1. The Bertz CT molecular complexity index is 140. The number of primary amides is 1. The van der Waals surface area contributed by atoms with Crippen molar-refractivity contribution in [3.8, 4) is 0 Å². The summed E-state index contributed by atoms with van der Waals surface area (Å²) in [5.74, 6) is -0.159. The van der Waals surface area contributed by atoms with Crippen LogP contribution < -0.4 is 5.73 Å². The normalized spacial score (nSPS) is 9.67. The van der Waals surface area contributed by atoms with Crippen LogP contribution in [-0.2, 0) is 4.79 Å². The van der Waals surface area contributed by atoms with Gasteiger partial charge in [0, 0.05) is 6.42 Å². The molecule has 1 amide bonds. The highest BCUT2D eigenvalue weighted by atomic mass is 35.5. The fraction of sp³-hybridized carbons (Fsp3) is 0.917. The molecular weight excluding hydrogens is 210 g/mol. The molecule has 0 aliphatic rings. The lowest BCUT2D eigenvalue weighted by Gasteiger charge is -2.00. The van der Waals surface area contributed by atoms with Crippen LogP contribution in [0.2, 0.25) is 0 Å². The molecule has 0 bridgehead atoms. The van der Waals surface area contributed by atoms with Gasteiger partial charge >= 0.3 is 0 Å². The molecule has 0 radical (unpaired) electrons. The minimum Gasteiger partial charge on any atom is -0.370 e. The molecule has 0 aromatic heterocycles. The lowest BCUT2D eigenvalue weighted by molar-refractivity contribution is -0.118. The van der Waals surface area contributed by atoms with Crippen LogP contribution in [0.1, 0.15) is 71.1 Å². The molecule has 2 nitrogen and oxygen atoms in total. The summed E-state index contributed by atoms with van der Waals surface area (Å²) in [6, 6.07) is 0. The molecule has 0 saturated carbocycles. The van der Waals surface area contributed by atoms with Crippen LogP contribution in [0, 0.1) is 0 Å². The highest BCUT2D eigenvalue weighted by Gasteiger charge is 1.94. The van der Waals surface area contributed by atoms with Crippen LogP contribution in [0.3, 0.4) is 0 Å². The van der Waals surface area contributed by atoms with Gasteiger partial charge in [0.25, 0.3) is 0 Å². The Morgan fingerprint density at radius 2 is 1.27 bits per heavy atom. The number of halogens is 1. The fourth-order valence-corrected chi connectivity index (χ4v) is 1.61. The minimum absolute atomic E-state index is 0. The van der Waals surface area contributed by atoms with Crippen molar-refractivity contribution in [3.05, 3.63) is 0 Å². The van der Waals surface area contributed by atoms with Gasteiger partial charge in [-0.2, -0.15) is 0 Å². The quantitative estimate of drug-likeness (QED) is 0.575. The summed E-state index contributed by atoms with van der Waals surface area (Å²) in [4.78, 5) is 10.4. The van der Waals surface area contributed by atoms with E-state index in [1.807, 2.05) is 0 Å². The Labute approximate surface area is 100 Å². The summed E-state index contributed by atoms with van der Waals surface area (Å²) in [7, 11) is 0. The molecule has 0 atom stereocenters. The van der Waals surface area contributed by atoms with Gasteiger partial charge in [-0.15, -0.1) is 12.4 Å². The van der Waals surface area contributed by atoms with Crippen LogP contribution in [0.25, 0.3) is 0 Å². The maximum Gasteiger partial charge on any atom is 0.217 e. The van der Waals surface area contributed by atoms with Gasteiger partial charge < -0.3 is 5.73 Å². The molecule has 0 aromatic carbocycles. The lowest BCUT2D eigenvalue weighted by atomic mass is 10.1. The minimum atomic E-state index is -0.159. The Morgan fingerprint density at radius 1 is 0.867 bits per heavy atom. The first-order valence-corrected chi connectivity index (χ1v) is 6.05. The van der Waals surface area contributed by atoms with E-state index in [1.165, 1.54) is 44.9 Å². The Balaban J connectivity index is 0. The van der Waals surface area contributed by atoms with E-state index < -0.39 is 0 Å². The van der Waals surface area contributed by atoms with E-state index in [2.05, 4.69) is 6.92 Å². The zero-order chi connectivity index (χ0) is 10.6. The summed E-state index contributed by atoms with van der Waals surface area (Å²) < 4.78 is 0. The number of carbonyl (C=O) groups is 1. The number of carbonyl (C=O) groups excluding carboxylic acids is 1. The van der Waals surface area contributed by atoms with Crippen molar-refractivity contribution in [1.82, 2.24) is 0 Å². The van der Waals surface area contributed by atoms with E-state index in [9.17, 15) is 4.79 Å². The van der Waals surface area contributed by atoms with Crippen molar-refractivity contribution in [1.29, 1.82) is 0 Å². The number of hydrogen-bond acceptors (Lipinski definition) is 1. The maximum atomic E-state index is 10.4. The molecule has 0 heterocycles. The number of rotatable bonds is 10. The third-order valence-electron chi connectivity index (χ3n) is 2.53. The van der Waals surface area contributed by atoms with E-state index in [0.29, 0.717) is 6.42 Å². The van der Waals surface area contributed by atoms with Crippen molar-refractivity contribution in [2.45, 2.75) is 71.1 Å². The van der Waals surface area contributed by atoms with E-state index in [-0.39, 0.29) is 18.3 Å². The first kappa shape index (κ1) is 17.2. The number of hydrogen-bond donors (Lipinski definition) is 1. The molecule has 92 valence electrons. The van der Waals surface area contributed by atoms with Gasteiger partial charge in [-0.25, -0.2) is 0 Å². The van der Waals surface area contributed by atoms with E-state index in [1.54, 1.807) is 0 Å². The summed E-state index contributed by atoms with van der Waals surface area (Å²) >= 11 is 0. The smallest absolute Gasteiger partial charge is 0.217 e. The second-order valence-corrected chi connectivity index (χ2v) is 4.04. The SMILES string of the molecule is CCCCCCCCCCCC(N)=O.Cl. The van der Waals surface area contributed by atoms with Gasteiger partial charge in [-0.1, -0.05) is 58.3 Å². The zero-order valence-electron chi connectivity index (χ0n) is 9.96. The summed E-state index contributed by atoms with van der Waals surface area (Å²) in [5, 5.41) is 0. The average molecular weight is 236 g/mol. The fourth-order valence-electron chi connectivity index (χ4n) is 1.61. The zero-order valence-corrected chi connectivity index (χ0v) is 10.8. The number of amides is 1. The number of unbranched alkanes of at least 4 members (excludes halogenated alkanes) is 8. The van der Waals surface area contributed by atoms with Crippen molar-refractivity contribution < 1.29 is 4.79 Å². The van der Waals surface area contributed by atoms with Gasteiger partial charge in [0.15, 0.2) is 0 Å². The van der Waals surface area contributed by atoms with Crippen LogP contribution in [-0.4, -0.2) is 5.91 Å².